The van der Waals surface area contributed by atoms with E-state index in [-0.39, 0.29) is 11.9 Å². The van der Waals surface area contributed by atoms with Crippen LogP contribution in [0.15, 0.2) is 65.8 Å². The van der Waals surface area contributed by atoms with Crippen molar-refractivity contribution in [2.45, 2.75) is 10.9 Å². The first-order valence-corrected chi connectivity index (χ1v) is 10.0. The van der Waals surface area contributed by atoms with Crippen molar-refractivity contribution in [3.8, 4) is 11.5 Å². The van der Waals surface area contributed by atoms with E-state index in [1.165, 1.54) is 11.8 Å². The molecule has 0 radical (unpaired) electrons. The first-order chi connectivity index (χ1) is 13.7. The second kappa shape index (κ2) is 8.39. The highest BCUT2D eigenvalue weighted by molar-refractivity contribution is 8.00. The number of carbonyl (C=O) groups excluding carboxylic acids is 1. The summed E-state index contributed by atoms with van der Waals surface area (Å²) in [5.41, 5.74) is 0.995. The van der Waals surface area contributed by atoms with Gasteiger partial charge in [0.2, 0.25) is 5.91 Å². The zero-order valence-corrected chi connectivity index (χ0v) is 16.3. The maximum absolute atomic E-state index is 12.7. The Morgan fingerprint density at radius 3 is 2.71 bits per heavy atom. The topological polar surface area (TPSA) is 65.4 Å². The molecule has 0 fully saturated rings. The van der Waals surface area contributed by atoms with Gasteiger partial charge >= 0.3 is 0 Å². The number of nitrogens with zero attached hydrogens (tertiary/aromatic N) is 2. The van der Waals surface area contributed by atoms with Gasteiger partial charge in [-0.2, -0.15) is 0 Å². The maximum Gasteiger partial charge on any atom is 0.231 e. The lowest BCUT2D eigenvalue weighted by Gasteiger charge is -2.20. The summed E-state index contributed by atoms with van der Waals surface area (Å²) in [5.74, 6) is 2.51. The summed E-state index contributed by atoms with van der Waals surface area (Å²) < 4.78 is 13.1. The number of hydrogen-bond donors (Lipinski definition) is 1. The fourth-order valence-electron chi connectivity index (χ4n) is 3.06. The Bertz CT molecular complexity index is 959. The number of aromatic nitrogens is 2. The highest BCUT2D eigenvalue weighted by Crippen LogP contribution is 2.34. The van der Waals surface area contributed by atoms with Crippen molar-refractivity contribution in [1.82, 2.24) is 14.9 Å². The van der Waals surface area contributed by atoms with Gasteiger partial charge in [0.25, 0.3) is 0 Å². The fraction of sp³-hybridized carbons (Fsp3) is 0.238. The number of benzene rings is 2. The Hall–Kier alpha value is -2.93. The van der Waals surface area contributed by atoms with E-state index in [2.05, 4.69) is 10.3 Å². The van der Waals surface area contributed by atoms with E-state index in [1.807, 2.05) is 66.3 Å². The average molecular weight is 395 g/mol. The third kappa shape index (κ3) is 4.14. The molecule has 1 aliphatic rings. The summed E-state index contributed by atoms with van der Waals surface area (Å²) in [5, 5.41) is 3.11. The SMILES string of the molecule is Cn1ccnc1C(NC(=O)CSc1ccc2c(c1)OCCO2)c1ccccc1. The van der Waals surface area contributed by atoms with Gasteiger partial charge in [0.1, 0.15) is 25.1 Å². The Morgan fingerprint density at radius 1 is 1.18 bits per heavy atom. The lowest BCUT2D eigenvalue weighted by Crippen LogP contribution is -2.32. The molecular weight excluding hydrogens is 374 g/mol. The van der Waals surface area contributed by atoms with Crippen LogP contribution < -0.4 is 14.8 Å². The van der Waals surface area contributed by atoms with E-state index in [0.717, 1.165) is 27.8 Å². The van der Waals surface area contributed by atoms with Crippen LogP contribution in [0.25, 0.3) is 0 Å². The van der Waals surface area contributed by atoms with Gasteiger partial charge in [0.15, 0.2) is 11.5 Å². The van der Waals surface area contributed by atoms with E-state index in [9.17, 15) is 4.79 Å². The van der Waals surface area contributed by atoms with Crippen molar-refractivity contribution in [3.63, 3.8) is 0 Å². The minimum absolute atomic E-state index is 0.0586. The van der Waals surface area contributed by atoms with E-state index >= 15 is 0 Å². The van der Waals surface area contributed by atoms with Crippen LogP contribution in [0.1, 0.15) is 17.4 Å². The van der Waals surface area contributed by atoms with Crippen molar-refractivity contribution in [2.24, 2.45) is 7.05 Å². The van der Waals surface area contributed by atoms with Crippen LogP contribution in [-0.4, -0.2) is 34.4 Å². The standard InChI is InChI=1S/C21H21N3O3S/c1-24-10-9-22-21(24)20(15-5-3-2-4-6-15)23-19(25)14-28-16-7-8-17-18(13-16)27-12-11-26-17/h2-10,13,20H,11-12,14H2,1H3,(H,23,25). The molecule has 1 aromatic heterocycles. The summed E-state index contributed by atoms with van der Waals surface area (Å²) in [6.45, 7) is 1.11. The molecule has 28 heavy (non-hydrogen) atoms. The first-order valence-electron chi connectivity index (χ1n) is 9.04. The maximum atomic E-state index is 12.7. The van der Waals surface area contributed by atoms with Crippen LogP contribution in [0, 0.1) is 0 Å². The second-order valence-corrected chi connectivity index (χ2v) is 7.45. The van der Waals surface area contributed by atoms with Gasteiger partial charge in [0, 0.05) is 24.3 Å². The van der Waals surface area contributed by atoms with Crippen molar-refractivity contribution in [1.29, 1.82) is 0 Å². The molecular formula is C21H21N3O3S. The molecule has 0 saturated heterocycles. The molecule has 0 spiro atoms. The Labute approximate surface area is 167 Å². The fourth-order valence-corrected chi connectivity index (χ4v) is 3.80. The number of ether oxygens (including phenoxy) is 2. The molecule has 144 valence electrons. The molecule has 1 unspecified atom stereocenters. The number of amides is 1. The third-order valence-electron chi connectivity index (χ3n) is 4.44. The summed E-state index contributed by atoms with van der Waals surface area (Å²) in [7, 11) is 1.92. The van der Waals surface area contributed by atoms with Crippen molar-refractivity contribution in [3.05, 3.63) is 72.3 Å². The molecule has 7 heteroatoms. The quantitative estimate of drug-likeness (QED) is 0.650. The zero-order valence-electron chi connectivity index (χ0n) is 15.5. The van der Waals surface area contributed by atoms with Crippen LogP contribution in [0.2, 0.25) is 0 Å². The molecule has 2 aromatic carbocycles. The van der Waals surface area contributed by atoms with Crippen molar-refractivity contribution < 1.29 is 14.3 Å². The first kappa shape index (κ1) is 18.4. The number of hydrogen-bond acceptors (Lipinski definition) is 5. The molecule has 1 N–H and O–H groups in total. The van der Waals surface area contributed by atoms with Gasteiger partial charge in [-0.25, -0.2) is 4.98 Å². The second-order valence-electron chi connectivity index (χ2n) is 6.40. The largest absolute Gasteiger partial charge is 0.486 e. The Morgan fingerprint density at radius 2 is 1.96 bits per heavy atom. The average Bonchev–Trinajstić information content (AvgIpc) is 3.16. The number of aryl methyl sites for hydroxylation is 1. The number of fused-ring (bicyclic) bond motifs is 1. The van der Waals surface area contributed by atoms with Crippen LogP contribution >= 0.6 is 11.8 Å². The molecule has 4 rings (SSSR count). The van der Waals surface area contributed by atoms with Crippen LogP contribution in [-0.2, 0) is 11.8 Å². The van der Waals surface area contributed by atoms with Gasteiger partial charge in [-0.3, -0.25) is 4.79 Å². The molecule has 1 amide bonds. The smallest absolute Gasteiger partial charge is 0.231 e. The summed E-state index contributed by atoms with van der Waals surface area (Å²) in [6, 6.07) is 15.3. The zero-order chi connectivity index (χ0) is 19.3. The van der Waals surface area contributed by atoms with Crippen LogP contribution in [0.5, 0.6) is 11.5 Å². The number of rotatable bonds is 6. The lowest BCUT2D eigenvalue weighted by atomic mass is 10.1. The monoisotopic (exact) mass is 395 g/mol. The number of nitrogens with one attached hydrogen (secondary N) is 1. The van der Waals surface area contributed by atoms with Crippen LogP contribution in [0.4, 0.5) is 0 Å². The highest BCUT2D eigenvalue weighted by atomic mass is 32.2. The minimum atomic E-state index is -0.297. The van der Waals surface area contributed by atoms with Crippen molar-refractivity contribution in [2.75, 3.05) is 19.0 Å². The van der Waals surface area contributed by atoms with E-state index < -0.39 is 0 Å². The molecule has 0 saturated carbocycles. The number of thioether (sulfide) groups is 1. The van der Waals surface area contributed by atoms with E-state index in [1.54, 1.807) is 6.20 Å². The predicted molar refractivity (Wildman–Crippen MR) is 108 cm³/mol. The lowest BCUT2D eigenvalue weighted by molar-refractivity contribution is -0.119. The van der Waals surface area contributed by atoms with E-state index in [0.29, 0.717) is 19.0 Å². The third-order valence-corrected chi connectivity index (χ3v) is 5.43. The minimum Gasteiger partial charge on any atom is -0.486 e. The molecule has 1 atom stereocenters. The summed E-state index contributed by atoms with van der Waals surface area (Å²) in [6.07, 6.45) is 3.61. The Balaban J connectivity index is 1.44. The molecule has 2 heterocycles. The van der Waals surface area contributed by atoms with Gasteiger partial charge in [0.05, 0.1) is 5.75 Å². The molecule has 1 aliphatic heterocycles. The Kier molecular flexibility index (Phi) is 5.53. The predicted octanol–water partition coefficient (Wildman–Crippen LogP) is 3.19. The van der Waals surface area contributed by atoms with Gasteiger partial charge < -0.3 is 19.4 Å². The van der Waals surface area contributed by atoms with Gasteiger partial charge in [-0.1, -0.05) is 30.3 Å². The normalized spacial score (nSPS) is 13.8. The number of carbonyl (C=O) groups is 1. The van der Waals surface area contributed by atoms with Crippen LogP contribution in [0.3, 0.4) is 0 Å². The van der Waals surface area contributed by atoms with E-state index in [4.69, 9.17) is 9.47 Å². The molecule has 0 bridgehead atoms. The van der Waals surface area contributed by atoms with Gasteiger partial charge in [-0.15, -0.1) is 11.8 Å². The number of imidazole rings is 1. The molecule has 3 aromatic rings. The van der Waals surface area contributed by atoms with Gasteiger partial charge in [-0.05, 0) is 23.8 Å². The summed E-state index contributed by atoms with van der Waals surface area (Å²) >= 11 is 1.47. The highest BCUT2D eigenvalue weighted by Gasteiger charge is 2.21. The van der Waals surface area contributed by atoms with Crippen molar-refractivity contribution >= 4 is 17.7 Å². The summed E-state index contributed by atoms with van der Waals surface area (Å²) in [4.78, 5) is 18.1. The molecule has 0 aliphatic carbocycles. The molecule has 6 nitrogen and oxygen atoms in total.